The van der Waals surface area contributed by atoms with Gasteiger partial charge in [-0.05, 0) is 47.5 Å². The van der Waals surface area contributed by atoms with Crippen molar-refractivity contribution in [1.82, 2.24) is 15.5 Å². The van der Waals surface area contributed by atoms with Crippen molar-refractivity contribution in [2.75, 3.05) is 4.90 Å². The Morgan fingerprint density at radius 2 is 2.04 bits per heavy atom. The summed E-state index contributed by atoms with van der Waals surface area (Å²) in [7, 11) is 0. The first-order chi connectivity index (χ1) is 12.0. The van der Waals surface area contributed by atoms with Crippen LogP contribution in [0.3, 0.4) is 0 Å². The van der Waals surface area contributed by atoms with Gasteiger partial charge in [0.15, 0.2) is 0 Å². The monoisotopic (exact) mass is 382 g/mol. The molecule has 7 nitrogen and oxygen atoms in total. The molecule has 2 amide bonds. The second-order valence-corrected chi connectivity index (χ2v) is 8.50. The minimum Gasteiger partial charge on any atom is -0.444 e. The van der Waals surface area contributed by atoms with Crippen molar-refractivity contribution in [3.8, 4) is 0 Å². The van der Waals surface area contributed by atoms with Crippen LogP contribution in [0.2, 0.25) is 0 Å². The number of carbonyl (C=O) groups excluding carboxylic acids is 2. The van der Waals surface area contributed by atoms with Crippen molar-refractivity contribution < 1.29 is 14.3 Å². The van der Waals surface area contributed by atoms with E-state index in [1.165, 1.54) is 11.3 Å². The minimum atomic E-state index is -0.706. The number of rotatable bonds is 8. The Hall–Kier alpha value is -1.96. The number of anilines is 1. The van der Waals surface area contributed by atoms with Crippen molar-refractivity contribution in [2.45, 2.75) is 78.0 Å². The second-order valence-electron chi connectivity index (χ2n) is 7.69. The van der Waals surface area contributed by atoms with E-state index in [0.29, 0.717) is 18.0 Å². The van der Waals surface area contributed by atoms with Gasteiger partial charge in [-0.25, -0.2) is 4.79 Å². The molecule has 0 fully saturated rings. The van der Waals surface area contributed by atoms with Gasteiger partial charge < -0.3 is 10.1 Å². The Morgan fingerprint density at radius 3 is 2.50 bits per heavy atom. The average molecular weight is 383 g/mol. The number of ether oxygens (including phenoxy) is 1. The maximum absolute atomic E-state index is 13.3. The van der Waals surface area contributed by atoms with Gasteiger partial charge in [0.2, 0.25) is 5.13 Å². The van der Waals surface area contributed by atoms with Gasteiger partial charge in [0, 0.05) is 5.54 Å². The summed E-state index contributed by atoms with van der Waals surface area (Å²) in [6.45, 7) is 15.0. The maximum atomic E-state index is 13.3. The Morgan fingerprint density at radius 1 is 1.38 bits per heavy atom. The number of nitrogens with zero attached hydrogens (tertiary/aromatic N) is 3. The van der Waals surface area contributed by atoms with Crippen LogP contribution in [-0.4, -0.2) is 39.4 Å². The first-order valence-electron chi connectivity index (χ1n) is 8.72. The molecule has 1 rings (SSSR count). The molecule has 0 saturated carbocycles. The zero-order chi connectivity index (χ0) is 20.0. The van der Waals surface area contributed by atoms with Gasteiger partial charge >= 0.3 is 6.09 Å². The molecule has 1 aromatic rings. The van der Waals surface area contributed by atoms with Crippen LogP contribution in [0.15, 0.2) is 18.2 Å². The van der Waals surface area contributed by atoms with Crippen LogP contribution in [-0.2, 0) is 9.53 Å². The van der Waals surface area contributed by atoms with E-state index in [1.54, 1.807) is 37.3 Å². The van der Waals surface area contributed by atoms with E-state index in [-0.39, 0.29) is 5.91 Å². The second kappa shape index (κ2) is 9.12. The average Bonchev–Trinajstić information content (AvgIpc) is 2.98. The van der Waals surface area contributed by atoms with Gasteiger partial charge in [0.25, 0.3) is 5.91 Å². The predicted octanol–water partition coefficient (Wildman–Crippen LogP) is 3.92. The normalized spacial score (nSPS) is 13.0. The largest absolute Gasteiger partial charge is 0.444 e. The number of aromatic nitrogens is 2. The summed E-state index contributed by atoms with van der Waals surface area (Å²) in [5.41, 5.74) is 0.390. The Labute approximate surface area is 159 Å². The summed E-state index contributed by atoms with van der Waals surface area (Å²) in [6, 6.07) is -0.706. The lowest BCUT2D eigenvalue weighted by molar-refractivity contribution is -0.121. The van der Waals surface area contributed by atoms with Crippen molar-refractivity contribution >= 4 is 28.5 Å². The highest BCUT2D eigenvalue weighted by molar-refractivity contribution is 7.13. The predicted molar refractivity (Wildman–Crippen MR) is 104 cm³/mol. The van der Waals surface area contributed by atoms with E-state index < -0.39 is 23.3 Å². The Kier molecular flexibility index (Phi) is 7.74. The summed E-state index contributed by atoms with van der Waals surface area (Å²) in [4.78, 5) is 27.1. The summed E-state index contributed by atoms with van der Waals surface area (Å²) in [5.74, 6) is -0.235. The molecule has 0 radical (unpaired) electrons. The zero-order valence-electron chi connectivity index (χ0n) is 16.5. The third-order valence-corrected chi connectivity index (χ3v) is 4.25. The molecule has 0 aliphatic heterocycles. The van der Waals surface area contributed by atoms with E-state index in [0.717, 1.165) is 6.42 Å². The summed E-state index contributed by atoms with van der Waals surface area (Å²) < 4.78 is 5.31. The lowest BCUT2D eigenvalue weighted by Gasteiger charge is -2.38. The van der Waals surface area contributed by atoms with E-state index in [2.05, 4.69) is 22.1 Å². The van der Waals surface area contributed by atoms with Crippen LogP contribution in [0.5, 0.6) is 0 Å². The van der Waals surface area contributed by atoms with Gasteiger partial charge in [-0.3, -0.25) is 9.69 Å². The maximum Gasteiger partial charge on any atom is 0.408 e. The molecule has 0 aliphatic rings. The number of alkyl carbamates (subject to hydrolysis) is 1. The van der Waals surface area contributed by atoms with E-state index in [9.17, 15) is 9.59 Å². The lowest BCUT2D eigenvalue weighted by atomic mass is 9.97. The number of hydrogen-bond donors (Lipinski definition) is 1. The molecule has 0 aliphatic carbocycles. The molecule has 26 heavy (non-hydrogen) atoms. The molecule has 146 valence electrons. The highest BCUT2D eigenvalue weighted by Crippen LogP contribution is 2.29. The first kappa shape index (κ1) is 22.1. The fourth-order valence-corrected chi connectivity index (χ4v) is 3.24. The zero-order valence-corrected chi connectivity index (χ0v) is 17.4. The quantitative estimate of drug-likeness (QED) is 0.689. The molecule has 1 atom stereocenters. The lowest BCUT2D eigenvalue weighted by Crippen LogP contribution is -2.56. The number of nitrogens with one attached hydrogen (secondary N) is 1. The SMILES string of the molecule is C=CCC(C)(C)N(C(=O)C(CCC)NC(=O)OC(C)(C)C)c1nncs1. The molecule has 0 bridgehead atoms. The van der Waals surface area contributed by atoms with Gasteiger partial charge in [0.1, 0.15) is 17.2 Å². The molecule has 1 unspecified atom stereocenters. The van der Waals surface area contributed by atoms with Gasteiger partial charge in [-0.15, -0.1) is 16.8 Å². The number of carbonyl (C=O) groups is 2. The molecule has 1 aromatic heterocycles. The third kappa shape index (κ3) is 6.40. The molecule has 1 heterocycles. The fourth-order valence-electron chi connectivity index (χ4n) is 2.51. The van der Waals surface area contributed by atoms with Gasteiger partial charge in [0.05, 0.1) is 0 Å². The van der Waals surface area contributed by atoms with Gasteiger partial charge in [-0.2, -0.15) is 0 Å². The van der Waals surface area contributed by atoms with Crippen molar-refractivity contribution in [1.29, 1.82) is 0 Å². The van der Waals surface area contributed by atoms with Crippen LogP contribution >= 0.6 is 11.3 Å². The molecular weight excluding hydrogens is 352 g/mol. The summed E-state index contributed by atoms with van der Waals surface area (Å²) in [5, 5.41) is 11.1. The van der Waals surface area contributed by atoms with Crippen LogP contribution < -0.4 is 10.2 Å². The van der Waals surface area contributed by atoms with E-state index >= 15 is 0 Å². The summed E-state index contributed by atoms with van der Waals surface area (Å²) >= 11 is 1.28. The van der Waals surface area contributed by atoms with Crippen molar-refractivity contribution in [3.63, 3.8) is 0 Å². The van der Waals surface area contributed by atoms with E-state index in [1.807, 2.05) is 20.8 Å². The molecule has 8 heteroatoms. The summed E-state index contributed by atoms with van der Waals surface area (Å²) in [6.07, 6.45) is 2.96. The van der Waals surface area contributed by atoms with Crippen LogP contribution in [0.1, 0.15) is 60.8 Å². The smallest absolute Gasteiger partial charge is 0.408 e. The topological polar surface area (TPSA) is 84.4 Å². The Balaban J connectivity index is 3.11. The third-order valence-electron chi connectivity index (χ3n) is 3.58. The van der Waals surface area contributed by atoms with Crippen molar-refractivity contribution in [3.05, 3.63) is 18.2 Å². The first-order valence-corrected chi connectivity index (χ1v) is 9.60. The van der Waals surface area contributed by atoms with E-state index in [4.69, 9.17) is 4.74 Å². The highest BCUT2D eigenvalue weighted by atomic mass is 32.1. The molecular formula is C18H30N4O3S. The highest BCUT2D eigenvalue weighted by Gasteiger charge is 2.37. The molecule has 0 spiro atoms. The van der Waals surface area contributed by atoms with Gasteiger partial charge in [-0.1, -0.05) is 30.8 Å². The number of hydrogen-bond acceptors (Lipinski definition) is 6. The Bertz CT molecular complexity index is 608. The van der Waals surface area contributed by atoms with Crippen molar-refractivity contribution in [2.24, 2.45) is 0 Å². The molecule has 1 N–H and O–H groups in total. The van der Waals surface area contributed by atoms with Crippen LogP contribution in [0.4, 0.5) is 9.93 Å². The molecule has 0 aromatic carbocycles. The molecule has 0 saturated heterocycles. The van der Waals surface area contributed by atoms with Crippen LogP contribution in [0, 0.1) is 0 Å². The standard InChI is InChI=1S/C18H30N4O3S/c1-8-10-13(20-16(24)25-17(3,4)5)14(23)22(15-21-19-12-26-15)18(6,7)11-9-2/h9,12-13H,2,8,10-11H2,1,3-7H3,(H,20,24). The minimum absolute atomic E-state index is 0.235. The number of amides is 2. The fraction of sp³-hybridized carbons (Fsp3) is 0.667. The van der Waals surface area contributed by atoms with Crippen LogP contribution in [0.25, 0.3) is 0 Å².